The summed E-state index contributed by atoms with van der Waals surface area (Å²) in [5, 5.41) is 13.5. The van der Waals surface area contributed by atoms with Crippen molar-refractivity contribution in [1.29, 1.82) is 10.8 Å². The molecule has 0 spiro atoms. The van der Waals surface area contributed by atoms with Gasteiger partial charge in [-0.1, -0.05) is 0 Å². The molecule has 4 N–H and O–H groups in total. The standard InChI is InChI=1S/2C5H9NO.2C4H8N3O2.Cu/c2*1-6-4-2-3-5(6)7;2*1-8-3(5)7-4(6)9-2;/h2*2-4H2,1H3;2*1-2H3,(H2-,5,6,7);/q;;2*-1;+2. The van der Waals surface area contributed by atoms with Gasteiger partial charge in [-0.25, -0.2) is 0 Å². The van der Waals surface area contributed by atoms with E-state index in [4.69, 9.17) is 22.3 Å². The largest absolute Gasteiger partial charge is 2.00 e. The van der Waals surface area contributed by atoms with Crippen molar-refractivity contribution in [2.75, 3.05) is 55.6 Å². The van der Waals surface area contributed by atoms with Crippen molar-refractivity contribution < 1.29 is 45.6 Å². The van der Waals surface area contributed by atoms with Gasteiger partial charge in [-0.05, 0) is 12.8 Å². The smallest absolute Gasteiger partial charge is 0.504 e. The molecular formula is C18H34CuN8O6. The van der Waals surface area contributed by atoms with Gasteiger partial charge in [0.2, 0.25) is 23.9 Å². The number of amides is 2. The van der Waals surface area contributed by atoms with E-state index in [1.54, 1.807) is 9.80 Å². The van der Waals surface area contributed by atoms with Gasteiger partial charge < -0.3 is 50.2 Å². The molecule has 2 aliphatic heterocycles. The first-order valence-corrected chi connectivity index (χ1v) is 9.43. The minimum Gasteiger partial charge on any atom is -0.504 e. The minimum absolute atomic E-state index is 0. The molecule has 1 radical (unpaired) electrons. The minimum atomic E-state index is -0.332. The Morgan fingerprint density at radius 1 is 0.758 bits per heavy atom. The number of carbonyl (C=O) groups excluding carboxylic acids is 2. The Labute approximate surface area is 205 Å². The first-order chi connectivity index (χ1) is 15.0. The van der Waals surface area contributed by atoms with Crippen molar-refractivity contribution in [2.24, 2.45) is 9.98 Å². The van der Waals surface area contributed by atoms with Crippen LogP contribution in [-0.2, 0) is 45.6 Å². The zero-order valence-electron chi connectivity index (χ0n) is 19.8. The third-order valence-electron chi connectivity index (χ3n) is 3.80. The van der Waals surface area contributed by atoms with E-state index < -0.39 is 0 Å². The van der Waals surface area contributed by atoms with Crippen molar-refractivity contribution in [2.45, 2.75) is 25.7 Å². The Morgan fingerprint density at radius 3 is 1.18 bits per heavy atom. The fourth-order valence-electron chi connectivity index (χ4n) is 1.93. The molecule has 0 unspecified atom stereocenters. The zero-order valence-corrected chi connectivity index (χ0v) is 20.7. The summed E-state index contributed by atoms with van der Waals surface area (Å²) < 4.78 is 17.3. The SMILES string of the molecule is CN1CCCC1=O.CN1CCCC1=O.COC(=N)/N=C(\[NH-])OC.COC(=N)/N=C(\[NH-])OC.[Cu+2]. The Kier molecular flexibility index (Phi) is 21.8. The van der Waals surface area contributed by atoms with E-state index in [0.717, 1.165) is 38.8 Å². The average Bonchev–Trinajstić information content (AvgIpc) is 3.34. The maximum atomic E-state index is 10.5. The summed E-state index contributed by atoms with van der Waals surface area (Å²) in [6, 6.07) is -1.33. The summed E-state index contributed by atoms with van der Waals surface area (Å²) in [6.45, 7) is 1.91. The van der Waals surface area contributed by atoms with E-state index in [-0.39, 0.29) is 41.2 Å². The summed E-state index contributed by atoms with van der Waals surface area (Å²) in [5.74, 6) is 0.583. The molecule has 0 aromatic carbocycles. The molecule has 2 aliphatic rings. The number of rotatable bonds is 0. The van der Waals surface area contributed by atoms with E-state index >= 15 is 0 Å². The number of methoxy groups -OCH3 is 4. The molecule has 15 heteroatoms. The van der Waals surface area contributed by atoms with Gasteiger partial charge in [0.25, 0.3) is 0 Å². The third-order valence-corrected chi connectivity index (χ3v) is 3.80. The van der Waals surface area contributed by atoms with Crippen LogP contribution in [0.1, 0.15) is 25.7 Å². The number of hydrogen-bond acceptors (Lipinski definition) is 8. The fraction of sp³-hybridized carbons (Fsp3) is 0.667. The second kappa shape index (κ2) is 20.8. The van der Waals surface area contributed by atoms with Gasteiger partial charge >= 0.3 is 17.1 Å². The van der Waals surface area contributed by atoms with Crippen LogP contribution in [0, 0.1) is 10.8 Å². The topological polar surface area (TPSA) is 198 Å². The monoisotopic (exact) mass is 521 g/mol. The molecular weight excluding hydrogens is 488 g/mol. The molecule has 2 fully saturated rings. The first-order valence-electron chi connectivity index (χ1n) is 9.43. The number of carbonyl (C=O) groups is 2. The van der Waals surface area contributed by atoms with Gasteiger partial charge in [-0.15, -0.1) is 0 Å². The van der Waals surface area contributed by atoms with Crippen LogP contribution in [0.5, 0.6) is 0 Å². The molecule has 0 atom stereocenters. The van der Waals surface area contributed by atoms with Gasteiger partial charge in [0, 0.05) is 40.0 Å². The Morgan fingerprint density at radius 2 is 1.06 bits per heavy atom. The quantitative estimate of drug-likeness (QED) is 0.276. The second-order valence-corrected chi connectivity index (χ2v) is 6.10. The van der Waals surface area contributed by atoms with Crippen LogP contribution < -0.4 is 0 Å². The molecule has 193 valence electrons. The summed E-state index contributed by atoms with van der Waals surface area (Å²) in [5.41, 5.74) is 13.5. The average molecular weight is 522 g/mol. The van der Waals surface area contributed by atoms with Crippen LogP contribution in [0.4, 0.5) is 0 Å². The fourth-order valence-corrected chi connectivity index (χ4v) is 1.93. The predicted molar refractivity (Wildman–Crippen MR) is 121 cm³/mol. The molecule has 14 nitrogen and oxygen atoms in total. The maximum Gasteiger partial charge on any atom is 2.00 e. The summed E-state index contributed by atoms with van der Waals surface area (Å²) in [6.07, 6.45) is 3.62. The number of ether oxygens (including phenoxy) is 4. The van der Waals surface area contributed by atoms with Gasteiger partial charge in [-0.3, -0.25) is 20.4 Å². The maximum absolute atomic E-state index is 10.5. The molecule has 2 rings (SSSR count). The van der Waals surface area contributed by atoms with E-state index in [1.165, 1.54) is 28.4 Å². The Hall–Kier alpha value is -3.06. The second-order valence-electron chi connectivity index (χ2n) is 6.10. The van der Waals surface area contributed by atoms with E-state index in [9.17, 15) is 9.59 Å². The molecule has 0 aromatic heterocycles. The van der Waals surface area contributed by atoms with Crippen molar-refractivity contribution in [3.8, 4) is 0 Å². The van der Waals surface area contributed by atoms with Gasteiger partial charge in [0.05, 0.1) is 40.5 Å². The van der Waals surface area contributed by atoms with Crippen molar-refractivity contribution in [1.82, 2.24) is 9.80 Å². The molecule has 2 saturated heterocycles. The Balaban J connectivity index is -0.000000362. The van der Waals surface area contributed by atoms with Gasteiger partial charge in [0.15, 0.2) is 0 Å². The number of hydrogen-bond donors (Lipinski definition) is 2. The first kappa shape index (κ1) is 34.5. The van der Waals surface area contributed by atoms with Crippen LogP contribution in [0.15, 0.2) is 9.98 Å². The summed E-state index contributed by atoms with van der Waals surface area (Å²) in [4.78, 5) is 31.0. The molecule has 2 heterocycles. The van der Waals surface area contributed by atoms with Crippen LogP contribution in [0.3, 0.4) is 0 Å². The summed E-state index contributed by atoms with van der Waals surface area (Å²) >= 11 is 0. The van der Waals surface area contributed by atoms with Gasteiger partial charge in [-0.2, -0.15) is 0 Å². The Bertz CT molecular complexity index is 618. The van der Waals surface area contributed by atoms with E-state index in [0.29, 0.717) is 11.8 Å². The number of likely N-dealkylation sites (tertiary alicyclic amines) is 2. The zero-order chi connectivity index (χ0) is 25.1. The van der Waals surface area contributed by atoms with Crippen LogP contribution >= 0.6 is 0 Å². The molecule has 2 amide bonds. The molecule has 33 heavy (non-hydrogen) atoms. The number of nitrogens with one attached hydrogen (secondary N) is 4. The molecule has 0 saturated carbocycles. The summed E-state index contributed by atoms with van der Waals surface area (Å²) in [7, 11) is 8.89. The van der Waals surface area contributed by atoms with E-state index in [2.05, 4.69) is 28.9 Å². The van der Waals surface area contributed by atoms with Crippen molar-refractivity contribution >= 4 is 35.9 Å². The third kappa shape index (κ3) is 19.4. The van der Waals surface area contributed by atoms with Crippen LogP contribution in [-0.4, -0.2) is 101 Å². The number of aliphatic imine (C=N–C) groups is 2. The predicted octanol–water partition coefficient (Wildman–Crippen LogP) is 1.72. The number of nitrogens with zero attached hydrogens (tertiary/aromatic N) is 4. The molecule has 0 aliphatic carbocycles. The molecule has 0 bridgehead atoms. The van der Waals surface area contributed by atoms with Crippen LogP contribution in [0.25, 0.3) is 11.5 Å². The van der Waals surface area contributed by atoms with Crippen molar-refractivity contribution in [3.63, 3.8) is 0 Å². The number of amidine groups is 4. The van der Waals surface area contributed by atoms with Gasteiger partial charge in [0.1, 0.15) is 0 Å². The van der Waals surface area contributed by atoms with E-state index in [1.807, 2.05) is 14.1 Å². The normalized spacial score (nSPS) is 14.8. The van der Waals surface area contributed by atoms with Crippen molar-refractivity contribution in [3.05, 3.63) is 11.5 Å². The molecule has 0 aromatic rings. The van der Waals surface area contributed by atoms with Crippen LogP contribution in [0.2, 0.25) is 0 Å².